The standard InChI is InChI=1S/C85H104N22O23/c1-9-45-38(5)52-26-54-40(7)47(72(99-54)48-25-61(109)70-41(8)55(100-73(48)70)28-57-46(10-2)39(6)53(95-57)27-56(45)94-52)18-21-62(110)89-33-64(112)97-59(30-69(119)120)81(126)101-50(20-23-67(115)116)80(125)105-71(37(3)4)82(127)103-58(29-68(117)118)77(122)91-35-66(114)98-60(36-108)78(123)92-34-65(113)96-49(13-11-12-24-86)79(124)104-63(111)22-19-51(84(129)130)102-76(121)42-14-16-43(17-15-42)88-31-44-32-90-75-74(93-44)83(128)107-85(87)106-75/h9,14-17,26-28,32,37,40,47,49-51,58-60,71,88,94,100,108H,1,10-13,18-25,29-31,33-36,86H2,2-8H3,(H,89,110)(H,91,122)(H,92,123)(H,96,113)(H,97,112)(H,98,114)(H,101,126)(H,102,121)(H,103,127)(H,105,125)(H,115,116)(H,117,118)(H,119,120)(H,129,130)(H,104,111,124)(H3,87,90,106,107,128)/t40-,47-,49-,50-,51+,58-,59-,60-,71-/m0/s1. The van der Waals surface area contributed by atoms with E-state index < -0.39 is 219 Å². The van der Waals surface area contributed by atoms with Crippen LogP contribution in [0.3, 0.4) is 0 Å². The van der Waals surface area contributed by atoms with Crippen LogP contribution in [-0.2, 0) is 84.9 Å². The highest BCUT2D eigenvalue weighted by atomic mass is 16.4. The third-order valence-corrected chi connectivity index (χ3v) is 22.0. The van der Waals surface area contributed by atoms with Crippen LogP contribution in [-0.4, -0.2) is 241 Å². The Balaban J connectivity index is 0.742. The van der Waals surface area contributed by atoms with Gasteiger partial charge in [-0.2, -0.15) is 4.98 Å². The number of aromatic amines is 3. The van der Waals surface area contributed by atoms with Crippen LogP contribution in [0.15, 0.2) is 60.0 Å². The van der Waals surface area contributed by atoms with Gasteiger partial charge in [-0.1, -0.05) is 40.3 Å². The number of rotatable bonds is 45. The highest BCUT2D eigenvalue weighted by Gasteiger charge is 2.39. The number of benzene rings is 1. The number of aryl methyl sites for hydroxylation is 2. The number of imide groups is 1. The van der Waals surface area contributed by atoms with E-state index in [1.807, 2.05) is 52.8 Å². The molecule has 0 saturated carbocycles. The lowest BCUT2D eigenvalue weighted by atomic mass is 9.85. The Labute approximate surface area is 740 Å². The molecule has 6 aromatic rings. The van der Waals surface area contributed by atoms with Crippen molar-refractivity contribution in [2.24, 2.45) is 11.7 Å². The fourth-order valence-electron chi connectivity index (χ4n) is 14.9. The van der Waals surface area contributed by atoms with Crippen molar-refractivity contribution >= 4 is 163 Å². The number of carboxylic acid groups (broad SMARTS) is 4. The second kappa shape index (κ2) is 44.9. The van der Waals surface area contributed by atoms with Crippen LogP contribution in [0.1, 0.15) is 195 Å². The maximum Gasteiger partial charge on any atom is 0.326 e. The monoisotopic (exact) mass is 1800 g/mol. The zero-order valence-electron chi connectivity index (χ0n) is 72.1. The number of amides is 12. The lowest BCUT2D eigenvalue weighted by molar-refractivity contribution is -0.142. The number of Topliss-reactive ketones (excluding diaryl/α,β-unsaturated/α-hetero) is 1. The van der Waals surface area contributed by atoms with Crippen molar-refractivity contribution in [1.29, 1.82) is 0 Å². The molecule has 0 spiro atoms. The van der Waals surface area contributed by atoms with E-state index in [9.17, 15) is 112 Å². The predicted octanol–water partition coefficient (Wildman–Crippen LogP) is -0.302. The quantitative estimate of drug-likeness (QED) is 0.0218. The maximum atomic E-state index is 14.1. The number of aromatic nitrogens is 8. The summed E-state index contributed by atoms with van der Waals surface area (Å²) in [4.78, 5) is 269. The van der Waals surface area contributed by atoms with Gasteiger partial charge in [0, 0.05) is 87.7 Å². The summed E-state index contributed by atoms with van der Waals surface area (Å²) in [5.41, 5.74) is 22.8. The third kappa shape index (κ3) is 25.9. The van der Waals surface area contributed by atoms with Crippen LogP contribution in [0.5, 0.6) is 0 Å². The van der Waals surface area contributed by atoms with Gasteiger partial charge in [-0.05, 0) is 143 Å². The number of allylic oxidation sites excluding steroid dienone is 2. The molecule has 45 heteroatoms. The Bertz CT molecular complexity index is 5760. The Hall–Kier alpha value is -15.0. The number of fused-ring (bicyclic) bond motifs is 9. The summed E-state index contributed by atoms with van der Waals surface area (Å²) in [5.74, 6) is -21.5. The predicted molar refractivity (Wildman–Crippen MR) is 466 cm³/mol. The fourth-order valence-corrected chi connectivity index (χ4v) is 14.9. The number of carbonyl (C=O) groups is 17. The van der Waals surface area contributed by atoms with E-state index in [0.29, 0.717) is 57.8 Å². The second-order valence-electron chi connectivity index (χ2n) is 31.6. The lowest BCUT2D eigenvalue weighted by Crippen LogP contribution is -2.60. The van der Waals surface area contributed by atoms with Crippen molar-refractivity contribution in [2.75, 3.05) is 43.8 Å². The van der Waals surface area contributed by atoms with Crippen LogP contribution in [0.25, 0.3) is 50.5 Å². The SMILES string of the molecule is C=Cc1c(C)c2cc3nc(c4c5[nH]c(cc6nc(cc1[nH]2)C(C)=C6CC)c(C)c5C(=O)C4)[C@@H](CCC(=O)NCC(=O)N[C@@H](CC(=O)O)C(=O)N[C@@H](CCC(=O)O)C(=O)N[C@H](C(=O)N[C@@H](CC(=O)O)C(=O)NCC(=O)N[C@@H](CO)C(=O)NCC(=O)N[C@@H](CCCCN)C(=O)NC(=O)CC[C@@H](NC(=O)c1ccc(NCc2cnc4nc(N)[nH]c(=O)c4n2)cc1)C(=O)O)C(C)C)[C@@H]3C. The molecule has 8 bridgehead atoms. The van der Waals surface area contributed by atoms with E-state index >= 15 is 0 Å². The zero-order chi connectivity index (χ0) is 95.2. The molecule has 0 fully saturated rings. The average Bonchev–Trinajstić information content (AvgIpc) is 1.58. The minimum absolute atomic E-state index is 0.0290. The number of hydrogen-bond donors (Lipinski definition) is 22. The van der Waals surface area contributed by atoms with E-state index in [1.165, 1.54) is 44.3 Å². The van der Waals surface area contributed by atoms with Gasteiger partial charge in [-0.25, -0.2) is 19.7 Å². The van der Waals surface area contributed by atoms with Crippen LogP contribution in [0.4, 0.5) is 11.6 Å². The van der Waals surface area contributed by atoms with Crippen molar-refractivity contribution in [2.45, 2.75) is 193 Å². The van der Waals surface area contributed by atoms with Crippen LogP contribution >= 0.6 is 0 Å². The van der Waals surface area contributed by atoms with Gasteiger partial charge < -0.3 is 105 Å². The molecule has 12 amide bonds. The largest absolute Gasteiger partial charge is 0.481 e. The number of aliphatic hydroxyl groups is 1. The molecule has 0 radical (unpaired) electrons. The Kier molecular flexibility index (Phi) is 34.1. The van der Waals surface area contributed by atoms with Gasteiger partial charge in [0.15, 0.2) is 16.9 Å². The van der Waals surface area contributed by atoms with E-state index in [-0.39, 0.29) is 79.6 Å². The molecule has 2 aliphatic heterocycles. The normalized spacial score (nSPS) is 14.8. The third-order valence-electron chi connectivity index (χ3n) is 22.0. The first-order chi connectivity index (χ1) is 61.7. The smallest absolute Gasteiger partial charge is 0.326 e. The number of aliphatic hydroxyl groups excluding tert-OH is 1. The molecule has 3 aliphatic rings. The highest BCUT2D eigenvalue weighted by Crippen LogP contribution is 2.45. The Morgan fingerprint density at radius 1 is 0.600 bits per heavy atom. The number of ketones is 1. The first-order valence-corrected chi connectivity index (χ1v) is 41.6. The fraction of sp³-hybridized carbons (Fsp3) is 0.424. The van der Waals surface area contributed by atoms with Gasteiger partial charge in [0.05, 0.1) is 80.1 Å². The van der Waals surface area contributed by atoms with E-state index in [2.05, 4.69) is 100 Å². The number of unbranched alkanes of at least 4 members (excludes halogenated alkanes) is 1. The number of carboxylic acids is 4. The summed E-state index contributed by atoms with van der Waals surface area (Å²) in [6, 6.07) is -0.950. The van der Waals surface area contributed by atoms with Gasteiger partial charge in [-0.3, -0.25) is 96.8 Å². The zero-order valence-corrected chi connectivity index (χ0v) is 72.1. The molecule has 9 atom stereocenters. The number of aliphatic carboxylic acids is 4. The van der Waals surface area contributed by atoms with Crippen molar-refractivity contribution in [3.05, 3.63) is 127 Å². The second-order valence-corrected chi connectivity index (χ2v) is 31.6. The van der Waals surface area contributed by atoms with Crippen LogP contribution in [0, 0.1) is 19.8 Å². The van der Waals surface area contributed by atoms with Gasteiger partial charge in [0.25, 0.3) is 11.5 Å². The van der Waals surface area contributed by atoms with E-state index in [4.69, 9.17) is 21.4 Å². The molecule has 130 heavy (non-hydrogen) atoms. The van der Waals surface area contributed by atoms with Crippen molar-refractivity contribution in [1.82, 2.24) is 98.4 Å². The van der Waals surface area contributed by atoms with Gasteiger partial charge >= 0.3 is 23.9 Å². The van der Waals surface area contributed by atoms with E-state index in [1.54, 1.807) is 6.08 Å². The number of nitrogens with zero attached hydrogens (tertiary/aromatic N) is 5. The number of nitrogens with one attached hydrogen (secondary N) is 15. The van der Waals surface area contributed by atoms with Crippen LogP contribution in [0.2, 0.25) is 0 Å². The summed E-state index contributed by atoms with van der Waals surface area (Å²) in [5, 5.41) is 76.8. The topological polar surface area (TPSA) is 717 Å². The average molecular weight is 1800 g/mol. The molecule has 7 heterocycles. The minimum atomic E-state index is -2.03. The number of carbonyl (C=O) groups excluding carboxylic acids is 13. The van der Waals surface area contributed by atoms with E-state index in [0.717, 1.165) is 50.3 Å². The molecule has 1 aromatic carbocycles. The molecular formula is C85H104N22O23. The molecule has 5 aromatic heterocycles. The minimum Gasteiger partial charge on any atom is -0.481 e. The summed E-state index contributed by atoms with van der Waals surface area (Å²) in [6.07, 6.45) is -0.651. The number of anilines is 2. The van der Waals surface area contributed by atoms with Gasteiger partial charge in [0.2, 0.25) is 70.9 Å². The Morgan fingerprint density at radius 2 is 1.20 bits per heavy atom. The summed E-state index contributed by atoms with van der Waals surface area (Å²) < 4.78 is 0. The summed E-state index contributed by atoms with van der Waals surface area (Å²) in [7, 11) is 0. The van der Waals surface area contributed by atoms with Crippen molar-refractivity contribution in [3.8, 4) is 0 Å². The molecule has 45 nitrogen and oxygen atoms in total. The molecule has 692 valence electrons. The molecule has 0 unspecified atom stereocenters. The van der Waals surface area contributed by atoms with Crippen molar-refractivity contribution in [3.63, 3.8) is 0 Å². The summed E-state index contributed by atoms with van der Waals surface area (Å²) in [6.45, 7) is 13.0. The molecule has 9 rings (SSSR count). The molecule has 0 saturated heterocycles. The molecular weight excluding hydrogens is 1700 g/mol. The number of H-pyrrole nitrogens is 3. The number of nitrogen functional groups attached to an aromatic ring is 1. The van der Waals surface area contributed by atoms with Gasteiger partial charge in [-0.15, -0.1) is 0 Å². The number of nitrogens with two attached hydrogens (primary N) is 2. The lowest BCUT2D eigenvalue weighted by Gasteiger charge is -2.27. The highest BCUT2D eigenvalue weighted by molar-refractivity contribution is 6.13. The first-order valence-electron chi connectivity index (χ1n) is 41.6. The van der Waals surface area contributed by atoms with Gasteiger partial charge in [0.1, 0.15) is 42.3 Å². The Morgan fingerprint density at radius 3 is 1.82 bits per heavy atom. The maximum absolute atomic E-state index is 14.1. The molecule has 24 N–H and O–H groups in total. The van der Waals surface area contributed by atoms with Crippen molar-refractivity contribution < 1.29 is 107 Å². The number of hydrogen-bond acceptors (Lipinski definition) is 27. The molecule has 1 aliphatic carbocycles. The van der Waals surface area contributed by atoms with Crippen LogP contribution < -0.4 is 80.8 Å². The first kappa shape index (κ1) is 98.7. The summed E-state index contributed by atoms with van der Waals surface area (Å²) >= 11 is 0.